The lowest BCUT2D eigenvalue weighted by Crippen LogP contribution is -1.73. The first-order chi connectivity index (χ1) is 7.34. The summed E-state index contributed by atoms with van der Waals surface area (Å²) < 4.78 is 0. The van der Waals surface area contributed by atoms with Crippen molar-refractivity contribution in [2.24, 2.45) is 0 Å². The van der Waals surface area contributed by atoms with Crippen molar-refractivity contribution >= 4 is 27.2 Å². The standard InChI is InChI=1S/C11H9N3S/c12-10-6-5-9(15-10)11-7-3-1-2-4-8(7)13-14-11/h1-6H,12H2,(H,13,14). The molecule has 74 valence electrons. The van der Waals surface area contributed by atoms with Gasteiger partial charge < -0.3 is 5.73 Å². The van der Waals surface area contributed by atoms with Gasteiger partial charge in [-0.1, -0.05) is 18.2 Å². The Morgan fingerprint density at radius 3 is 2.80 bits per heavy atom. The summed E-state index contributed by atoms with van der Waals surface area (Å²) in [7, 11) is 0. The second-order valence-electron chi connectivity index (χ2n) is 3.32. The number of hydrogen-bond acceptors (Lipinski definition) is 3. The van der Waals surface area contributed by atoms with Crippen molar-refractivity contribution in [3.63, 3.8) is 0 Å². The SMILES string of the molecule is Nc1ccc(-c2n[nH]c3ccccc23)s1. The maximum atomic E-state index is 5.71. The number of aromatic nitrogens is 2. The molecule has 0 aliphatic rings. The fourth-order valence-electron chi connectivity index (χ4n) is 1.63. The summed E-state index contributed by atoms with van der Waals surface area (Å²) in [5, 5.41) is 9.28. The Bertz CT molecular complexity index is 609. The van der Waals surface area contributed by atoms with Gasteiger partial charge in [0.1, 0.15) is 5.69 Å². The molecular formula is C11H9N3S. The number of rotatable bonds is 1. The number of anilines is 1. The van der Waals surface area contributed by atoms with E-state index in [0.29, 0.717) is 0 Å². The lowest BCUT2D eigenvalue weighted by Gasteiger charge is -1.91. The van der Waals surface area contributed by atoms with Gasteiger partial charge in [-0.3, -0.25) is 5.10 Å². The highest BCUT2D eigenvalue weighted by molar-refractivity contribution is 7.19. The molecule has 0 spiro atoms. The second kappa shape index (κ2) is 3.10. The van der Waals surface area contributed by atoms with Crippen LogP contribution >= 0.6 is 11.3 Å². The third-order valence-corrected chi connectivity index (χ3v) is 3.25. The first-order valence-corrected chi connectivity index (χ1v) is 5.45. The normalized spacial score (nSPS) is 10.9. The van der Waals surface area contributed by atoms with E-state index in [-0.39, 0.29) is 0 Å². The van der Waals surface area contributed by atoms with Crippen LogP contribution in [0.4, 0.5) is 5.00 Å². The molecule has 0 amide bonds. The Kier molecular flexibility index (Phi) is 1.76. The van der Waals surface area contributed by atoms with Gasteiger partial charge in [-0.15, -0.1) is 11.3 Å². The number of nitrogens with zero attached hydrogens (tertiary/aromatic N) is 1. The highest BCUT2D eigenvalue weighted by atomic mass is 32.1. The van der Waals surface area contributed by atoms with Crippen LogP contribution in [0.1, 0.15) is 0 Å². The molecule has 3 rings (SSSR count). The van der Waals surface area contributed by atoms with E-state index in [2.05, 4.69) is 16.3 Å². The van der Waals surface area contributed by atoms with Gasteiger partial charge in [0, 0.05) is 5.39 Å². The maximum absolute atomic E-state index is 5.71. The molecule has 2 heterocycles. The molecule has 0 unspecified atom stereocenters. The summed E-state index contributed by atoms with van der Waals surface area (Å²) in [6.45, 7) is 0. The summed E-state index contributed by atoms with van der Waals surface area (Å²) in [6, 6.07) is 12.0. The van der Waals surface area contributed by atoms with E-state index in [1.807, 2.05) is 30.3 Å². The number of para-hydroxylation sites is 1. The Morgan fingerprint density at radius 2 is 2.00 bits per heavy atom. The quantitative estimate of drug-likeness (QED) is 0.655. The Labute approximate surface area is 90.5 Å². The van der Waals surface area contributed by atoms with Gasteiger partial charge >= 0.3 is 0 Å². The first kappa shape index (κ1) is 8.49. The molecule has 0 saturated heterocycles. The zero-order chi connectivity index (χ0) is 10.3. The minimum Gasteiger partial charge on any atom is -0.391 e. The van der Waals surface area contributed by atoms with Crippen molar-refractivity contribution in [2.75, 3.05) is 5.73 Å². The summed E-state index contributed by atoms with van der Waals surface area (Å²) in [4.78, 5) is 1.10. The summed E-state index contributed by atoms with van der Waals surface area (Å²) in [5.74, 6) is 0. The number of aromatic amines is 1. The van der Waals surface area contributed by atoms with Crippen LogP contribution in [0.2, 0.25) is 0 Å². The maximum Gasteiger partial charge on any atom is 0.110 e. The lowest BCUT2D eigenvalue weighted by atomic mass is 10.2. The van der Waals surface area contributed by atoms with Crippen LogP contribution in [0.25, 0.3) is 21.5 Å². The summed E-state index contributed by atoms with van der Waals surface area (Å²) >= 11 is 1.56. The number of nitrogen functional groups attached to an aromatic ring is 1. The molecule has 0 bridgehead atoms. The average Bonchev–Trinajstić information content (AvgIpc) is 2.83. The predicted molar refractivity (Wildman–Crippen MR) is 63.8 cm³/mol. The molecule has 3 N–H and O–H groups in total. The van der Waals surface area contributed by atoms with Gasteiger partial charge in [-0.2, -0.15) is 5.10 Å². The molecule has 0 aliphatic carbocycles. The molecule has 2 aromatic heterocycles. The van der Waals surface area contributed by atoms with Gasteiger partial charge in [-0.25, -0.2) is 0 Å². The number of nitrogens with two attached hydrogens (primary N) is 1. The Morgan fingerprint density at radius 1 is 1.13 bits per heavy atom. The van der Waals surface area contributed by atoms with E-state index < -0.39 is 0 Å². The average molecular weight is 215 g/mol. The molecular weight excluding hydrogens is 206 g/mol. The third-order valence-electron chi connectivity index (χ3n) is 2.33. The minimum absolute atomic E-state index is 0.817. The Balaban J connectivity index is 2.27. The van der Waals surface area contributed by atoms with Crippen LogP contribution in [-0.2, 0) is 0 Å². The molecule has 3 aromatic rings. The monoisotopic (exact) mass is 215 g/mol. The van der Waals surface area contributed by atoms with Gasteiger partial charge in [0.05, 0.1) is 15.4 Å². The molecule has 0 atom stereocenters. The number of H-pyrrole nitrogens is 1. The molecule has 0 aliphatic heterocycles. The van der Waals surface area contributed by atoms with Crippen LogP contribution in [-0.4, -0.2) is 10.2 Å². The smallest absolute Gasteiger partial charge is 0.110 e. The number of fused-ring (bicyclic) bond motifs is 1. The van der Waals surface area contributed by atoms with Gasteiger partial charge in [0.2, 0.25) is 0 Å². The predicted octanol–water partition coefficient (Wildman–Crippen LogP) is 2.87. The molecule has 3 nitrogen and oxygen atoms in total. The van der Waals surface area contributed by atoms with Crippen molar-refractivity contribution in [3.05, 3.63) is 36.4 Å². The number of thiophene rings is 1. The van der Waals surface area contributed by atoms with Crippen molar-refractivity contribution < 1.29 is 0 Å². The highest BCUT2D eigenvalue weighted by Gasteiger charge is 2.08. The largest absolute Gasteiger partial charge is 0.391 e. The van der Waals surface area contributed by atoms with E-state index in [4.69, 9.17) is 5.73 Å². The van der Waals surface area contributed by atoms with Gasteiger partial charge in [-0.05, 0) is 18.2 Å². The van der Waals surface area contributed by atoms with Gasteiger partial charge in [0.25, 0.3) is 0 Å². The van der Waals surface area contributed by atoms with E-state index in [1.54, 1.807) is 11.3 Å². The van der Waals surface area contributed by atoms with Gasteiger partial charge in [0.15, 0.2) is 0 Å². The van der Waals surface area contributed by atoms with Crippen molar-refractivity contribution in [1.82, 2.24) is 10.2 Å². The van der Waals surface area contributed by atoms with Crippen LogP contribution in [0.5, 0.6) is 0 Å². The van der Waals surface area contributed by atoms with Crippen LogP contribution < -0.4 is 5.73 Å². The van der Waals surface area contributed by atoms with Crippen LogP contribution in [0.3, 0.4) is 0 Å². The van der Waals surface area contributed by atoms with E-state index >= 15 is 0 Å². The number of benzene rings is 1. The third kappa shape index (κ3) is 1.30. The molecule has 1 aromatic carbocycles. The zero-order valence-electron chi connectivity index (χ0n) is 7.90. The lowest BCUT2D eigenvalue weighted by molar-refractivity contribution is 1.13. The zero-order valence-corrected chi connectivity index (χ0v) is 8.71. The fraction of sp³-hybridized carbons (Fsp3) is 0. The minimum atomic E-state index is 0.817. The van der Waals surface area contributed by atoms with Crippen molar-refractivity contribution in [2.45, 2.75) is 0 Å². The molecule has 4 heteroatoms. The fourth-order valence-corrected chi connectivity index (χ4v) is 2.41. The molecule has 0 fully saturated rings. The number of hydrogen-bond donors (Lipinski definition) is 2. The van der Waals surface area contributed by atoms with Crippen LogP contribution in [0, 0.1) is 0 Å². The van der Waals surface area contributed by atoms with Crippen molar-refractivity contribution in [1.29, 1.82) is 0 Å². The molecule has 15 heavy (non-hydrogen) atoms. The van der Waals surface area contributed by atoms with Crippen LogP contribution in [0.15, 0.2) is 36.4 Å². The van der Waals surface area contributed by atoms with E-state index in [9.17, 15) is 0 Å². The highest BCUT2D eigenvalue weighted by Crippen LogP contribution is 2.32. The molecule has 0 radical (unpaired) electrons. The second-order valence-corrected chi connectivity index (χ2v) is 4.44. The molecule has 0 saturated carbocycles. The Hall–Kier alpha value is -1.81. The van der Waals surface area contributed by atoms with E-state index in [0.717, 1.165) is 26.5 Å². The first-order valence-electron chi connectivity index (χ1n) is 4.63. The number of nitrogens with one attached hydrogen (secondary N) is 1. The van der Waals surface area contributed by atoms with E-state index in [1.165, 1.54) is 0 Å². The summed E-state index contributed by atoms with van der Waals surface area (Å²) in [6.07, 6.45) is 0. The summed E-state index contributed by atoms with van der Waals surface area (Å²) in [5.41, 5.74) is 7.74. The topological polar surface area (TPSA) is 54.7 Å². The van der Waals surface area contributed by atoms with Crippen molar-refractivity contribution in [3.8, 4) is 10.6 Å².